The molecule has 0 heteroatoms. The smallest absolute Gasteiger partial charge is 0.00137 e. The summed E-state index contributed by atoms with van der Waals surface area (Å²) in [5, 5.41) is 27.8. The van der Waals surface area contributed by atoms with Gasteiger partial charge in [0.1, 0.15) is 0 Å². The topological polar surface area (TPSA) is 0 Å². The van der Waals surface area contributed by atoms with Crippen LogP contribution >= 0.6 is 0 Å². The van der Waals surface area contributed by atoms with Crippen molar-refractivity contribution in [1.29, 1.82) is 0 Å². The first-order valence-electron chi connectivity index (χ1n) is 25.8. The van der Waals surface area contributed by atoms with E-state index < -0.39 is 0 Å². The molecule has 0 nitrogen and oxygen atoms in total. The van der Waals surface area contributed by atoms with Gasteiger partial charge in [-0.15, -0.1) is 0 Å². The van der Waals surface area contributed by atoms with Crippen LogP contribution < -0.4 is 0 Å². The minimum Gasteiger partial charge on any atom is -0.0616 e. The summed E-state index contributed by atoms with van der Waals surface area (Å²) in [6.45, 7) is 0. The Morgan fingerprint density at radius 2 is 0.405 bits per heavy atom. The third-order valence-electron chi connectivity index (χ3n) is 16.4. The van der Waals surface area contributed by atoms with E-state index in [1.807, 2.05) is 0 Å². The molecular weight excluding hydrogens is 889 g/mol. The molecule has 340 valence electrons. The van der Waals surface area contributed by atoms with Crippen molar-refractivity contribution in [3.05, 3.63) is 267 Å². The van der Waals surface area contributed by atoms with Crippen LogP contribution in [-0.4, -0.2) is 0 Å². The first kappa shape index (κ1) is 41.0. The number of hydrogen-bond donors (Lipinski definition) is 0. The van der Waals surface area contributed by atoms with E-state index >= 15 is 0 Å². The van der Waals surface area contributed by atoms with E-state index in [0.29, 0.717) is 0 Å². The summed E-state index contributed by atoms with van der Waals surface area (Å²) >= 11 is 0. The van der Waals surface area contributed by atoms with E-state index in [1.165, 1.54) is 163 Å². The highest BCUT2D eigenvalue weighted by atomic mass is 14.3. The van der Waals surface area contributed by atoms with E-state index in [2.05, 4.69) is 267 Å². The van der Waals surface area contributed by atoms with Crippen LogP contribution in [0.5, 0.6) is 0 Å². The van der Waals surface area contributed by atoms with Crippen molar-refractivity contribution >= 4 is 118 Å². The zero-order chi connectivity index (χ0) is 48.4. The van der Waals surface area contributed by atoms with Gasteiger partial charge in [-0.1, -0.05) is 255 Å². The standard InChI is InChI=1S/C74H44/c1-3-23-49-45(19-1)21-17-37-55(49)71-63-33-13-9-29-59(63)69(60-30-10-14-34-64(60)71)47-39-41-53-51-25-5-8-28-58(51)74-68-44-48(40-42-54(68)52-26-6-7-27-57(52)73(74)67(53)43-47)70-61-31-11-15-35-65(61)72(66-36-16-12-32-62(66)70)56-38-18-22-46-20-2-4-24-50(46)56/h1-44H. The maximum atomic E-state index is 2.52. The summed E-state index contributed by atoms with van der Waals surface area (Å²) in [4.78, 5) is 0. The van der Waals surface area contributed by atoms with Gasteiger partial charge in [-0.05, 0) is 175 Å². The molecule has 0 saturated carbocycles. The zero-order valence-corrected chi connectivity index (χ0v) is 40.4. The average Bonchev–Trinajstić information content (AvgIpc) is 3.49. The Morgan fingerprint density at radius 3 is 0.757 bits per heavy atom. The summed E-state index contributed by atoms with van der Waals surface area (Å²) < 4.78 is 0. The Kier molecular flexibility index (Phi) is 8.84. The van der Waals surface area contributed by atoms with E-state index in [9.17, 15) is 0 Å². The number of fused-ring (bicyclic) bond motifs is 17. The van der Waals surface area contributed by atoms with Gasteiger partial charge in [-0.2, -0.15) is 0 Å². The van der Waals surface area contributed by atoms with Crippen LogP contribution in [-0.2, 0) is 0 Å². The summed E-state index contributed by atoms with van der Waals surface area (Å²) in [7, 11) is 0. The second-order valence-corrected chi connectivity index (χ2v) is 20.1. The van der Waals surface area contributed by atoms with Gasteiger partial charge in [0, 0.05) is 0 Å². The second-order valence-electron chi connectivity index (χ2n) is 20.1. The number of rotatable bonds is 4. The van der Waals surface area contributed by atoms with Gasteiger partial charge in [-0.3, -0.25) is 0 Å². The van der Waals surface area contributed by atoms with Crippen LogP contribution in [0.3, 0.4) is 0 Å². The third-order valence-corrected chi connectivity index (χ3v) is 16.4. The van der Waals surface area contributed by atoms with Crippen molar-refractivity contribution in [2.24, 2.45) is 0 Å². The fourth-order valence-electron chi connectivity index (χ4n) is 13.3. The van der Waals surface area contributed by atoms with Crippen molar-refractivity contribution in [3.8, 4) is 44.5 Å². The quantitative estimate of drug-likeness (QED) is 0.122. The van der Waals surface area contributed by atoms with Crippen molar-refractivity contribution in [2.45, 2.75) is 0 Å². The predicted molar refractivity (Wildman–Crippen MR) is 321 cm³/mol. The summed E-state index contributed by atoms with van der Waals surface area (Å²) in [5.74, 6) is 0. The lowest BCUT2D eigenvalue weighted by atomic mass is 9.82. The molecule has 0 amide bonds. The highest BCUT2D eigenvalue weighted by molar-refractivity contribution is 6.40. The molecule has 0 bridgehead atoms. The molecular formula is C74H44. The summed E-state index contributed by atoms with van der Waals surface area (Å²) in [6, 6.07) is 100. The van der Waals surface area contributed by atoms with Crippen LogP contribution in [0, 0.1) is 0 Å². The van der Waals surface area contributed by atoms with Crippen LogP contribution in [0.15, 0.2) is 267 Å². The molecule has 16 aromatic rings. The lowest BCUT2D eigenvalue weighted by Gasteiger charge is -2.21. The molecule has 0 radical (unpaired) electrons. The molecule has 0 aliphatic rings. The SMILES string of the molecule is c1ccc2c(-c3c4ccccc4c(-c4ccc5c6ccccc6c6c7cc(-c8c9ccccc9c(-c9cccc%10ccccc9%10)c9ccccc89)ccc7c7ccccc7c6c5c4)c4ccccc34)cccc2c1. The van der Waals surface area contributed by atoms with Crippen molar-refractivity contribution in [1.82, 2.24) is 0 Å². The van der Waals surface area contributed by atoms with Gasteiger partial charge in [0.25, 0.3) is 0 Å². The molecule has 74 heavy (non-hydrogen) atoms. The zero-order valence-electron chi connectivity index (χ0n) is 40.4. The van der Waals surface area contributed by atoms with Gasteiger partial charge < -0.3 is 0 Å². The molecule has 0 unspecified atom stereocenters. The van der Waals surface area contributed by atoms with E-state index in [1.54, 1.807) is 0 Å². The van der Waals surface area contributed by atoms with Crippen molar-refractivity contribution < 1.29 is 0 Å². The second kappa shape index (κ2) is 15.9. The largest absolute Gasteiger partial charge is 0.0616 e. The van der Waals surface area contributed by atoms with E-state index in [-0.39, 0.29) is 0 Å². The van der Waals surface area contributed by atoms with Gasteiger partial charge in [-0.25, -0.2) is 0 Å². The molecule has 0 aliphatic carbocycles. The highest BCUT2D eigenvalue weighted by Crippen LogP contribution is 2.51. The summed E-state index contributed by atoms with van der Waals surface area (Å²) in [5.41, 5.74) is 10.1. The normalized spacial score (nSPS) is 12.1. The predicted octanol–water partition coefficient (Wildman–Crippen LogP) is 21.0. The molecule has 16 aromatic carbocycles. The molecule has 0 saturated heterocycles. The van der Waals surface area contributed by atoms with Gasteiger partial charge in [0.05, 0.1) is 0 Å². The number of benzene rings is 16. The molecule has 0 heterocycles. The van der Waals surface area contributed by atoms with Gasteiger partial charge in [0.15, 0.2) is 0 Å². The molecule has 0 aromatic heterocycles. The Hall–Kier alpha value is -9.62. The molecule has 0 fully saturated rings. The Labute approximate surface area is 427 Å². The Bertz CT molecular complexity index is 4630. The van der Waals surface area contributed by atoms with Crippen molar-refractivity contribution in [2.75, 3.05) is 0 Å². The van der Waals surface area contributed by atoms with Crippen LogP contribution in [0.1, 0.15) is 0 Å². The number of hydrogen-bond acceptors (Lipinski definition) is 0. The minimum atomic E-state index is 1.22. The minimum absolute atomic E-state index is 1.22. The maximum absolute atomic E-state index is 2.52. The fraction of sp³-hybridized carbons (Fsp3) is 0. The van der Waals surface area contributed by atoms with E-state index in [4.69, 9.17) is 0 Å². The third kappa shape index (κ3) is 5.85. The monoisotopic (exact) mass is 932 g/mol. The maximum Gasteiger partial charge on any atom is -0.00137 e. The van der Waals surface area contributed by atoms with Crippen LogP contribution in [0.25, 0.3) is 163 Å². The lowest BCUT2D eigenvalue weighted by Crippen LogP contribution is -1.93. The first-order chi connectivity index (χ1) is 36.8. The van der Waals surface area contributed by atoms with Gasteiger partial charge >= 0.3 is 0 Å². The molecule has 0 spiro atoms. The lowest BCUT2D eigenvalue weighted by molar-refractivity contribution is 1.69. The molecule has 0 N–H and O–H groups in total. The van der Waals surface area contributed by atoms with Crippen molar-refractivity contribution in [3.63, 3.8) is 0 Å². The fourth-order valence-corrected chi connectivity index (χ4v) is 13.3. The Balaban J connectivity index is 1.01. The van der Waals surface area contributed by atoms with Crippen LogP contribution in [0.4, 0.5) is 0 Å². The molecule has 0 aliphatic heterocycles. The van der Waals surface area contributed by atoms with E-state index in [0.717, 1.165) is 0 Å². The first-order valence-corrected chi connectivity index (χ1v) is 25.8. The summed E-state index contributed by atoms with van der Waals surface area (Å²) in [6.07, 6.45) is 0. The molecule has 0 atom stereocenters. The Morgan fingerprint density at radius 1 is 0.149 bits per heavy atom. The average molecular weight is 933 g/mol. The van der Waals surface area contributed by atoms with Crippen LogP contribution in [0.2, 0.25) is 0 Å². The highest BCUT2D eigenvalue weighted by Gasteiger charge is 2.23. The van der Waals surface area contributed by atoms with Gasteiger partial charge in [0.2, 0.25) is 0 Å². The molecule has 16 rings (SSSR count).